The fourth-order valence-electron chi connectivity index (χ4n) is 1.68. The second-order valence-corrected chi connectivity index (χ2v) is 4.92. The molecule has 0 aliphatic rings. The van der Waals surface area contributed by atoms with E-state index in [1.807, 2.05) is 0 Å². The van der Waals surface area contributed by atoms with E-state index in [9.17, 15) is 0 Å². The molecule has 1 nitrogen and oxygen atoms in total. The number of halogens is 1. The van der Waals surface area contributed by atoms with Crippen molar-refractivity contribution in [2.24, 2.45) is 0 Å². The van der Waals surface area contributed by atoms with Crippen molar-refractivity contribution >= 4 is 15.9 Å². The lowest BCUT2D eigenvalue weighted by molar-refractivity contribution is 0.321. The molecule has 0 saturated carbocycles. The summed E-state index contributed by atoms with van der Waals surface area (Å²) in [5.41, 5.74) is 2.76. The molecule has 15 heavy (non-hydrogen) atoms. The molecule has 0 bridgehead atoms. The van der Waals surface area contributed by atoms with E-state index in [0.29, 0.717) is 0 Å². The lowest BCUT2D eigenvalue weighted by atomic mass is 10.1. The number of alkyl halides is 1. The van der Waals surface area contributed by atoms with Crippen molar-refractivity contribution in [3.05, 3.63) is 35.4 Å². The van der Waals surface area contributed by atoms with Crippen LogP contribution in [-0.4, -0.2) is 23.8 Å². The summed E-state index contributed by atoms with van der Waals surface area (Å²) in [7, 11) is 2.19. The molecule has 0 fully saturated rings. The monoisotopic (exact) mass is 269 g/mol. The molecule has 0 aromatic heterocycles. The Labute approximate surface area is 102 Å². The quantitative estimate of drug-likeness (QED) is 0.564. The van der Waals surface area contributed by atoms with E-state index in [-0.39, 0.29) is 0 Å². The van der Waals surface area contributed by atoms with E-state index in [0.717, 1.165) is 11.9 Å². The van der Waals surface area contributed by atoms with Crippen LogP contribution >= 0.6 is 15.9 Å². The first-order valence-electron chi connectivity index (χ1n) is 5.52. The van der Waals surface area contributed by atoms with E-state index in [2.05, 4.69) is 59.1 Å². The summed E-state index contributed by atoms with van der Waals surface area (Å²) in [6.45, 7) is 4.39. The van der Waals surface area contributed by atoms with Gasteiger partial charge in [0.25, 0.3) is 0 Å². The van der Waals surface area contributed by atoms with Crippen LogP contribution in [0.5, 0.6) is 0 Å². The van der Waals surface area contributed by atoms with Crippen molar-refractivity contribution in [3.8, 4) is 0 Å². The largest absolute Gasteiger partial charge is 0.302 e. The number of hydrogen-bond acceptors (Lipinski definition) is 1. The molecule has 0 aliphatic carbocycles. The van der Waals surface area contributed by atoms with E-state index < -0.39 is 0 Å². The highest BCUT2D eigenvalue weighted by Crippen LogP contribution is 2.07. The van der Waals surface area contributed by atoms with E-state index in [1.165, 1.54) is 30.5 Å². The van der Waals surface area contributed by atoms with Crippen LogP contribution in [0, 0.1) is 6.92 Å². The van der Waals surface area contributed by atoms with Crippen LogP contribution in [-0.2, 0) is 6.54 Å². The Balaban J connectivity index is 2.34. The summed E-state index contributed by atoms with van der Waals surface area (Å²) >= 11 is 3.46. The van der Waals surface area contributed by atoms with Crippen LogP contribution in [0.15, 0.2) is 24.3 Å². The Hall–Kier alpha value is -0.340. The molecule has 2 heteroatoms. The van der Waals surface area contributed by atoms with Gasteiger partial charge in [-0.1, -0.05) is 45.8 Å². The molecule has 0 heterocycles. The minimum absolute atomic E-state index is 1.06. The summed E-state index contributed by atoms with van der Waals surface area (Å²) in [6, 6.07) is 8.75. The Bertz CT molecular complexity index is 286. The number of nitrogens with zero attached hydrogens (tertiary/aromatic N) is 1. The van der Waals surface area contributed by atoms with Crippen LogP contribution in [0.4, 0.5) is 0 Å². The molecule has 0 spiro atoms. The number of rotatable bonds is 6. The SMILES string of the molecule is Cc1cccc(CN(C)CCCCBr)c1. The van der Waals surface area contributed by atoms with Gasteiger partial charge in [0, 0.05) is 11.9 Å². The maximum atomic E-state index is 3.46. The van der Waals surface area contributed by atoms with Crippen molar-refractivity contribution in [1.29, 1.82) is 0 Å². The van der Waals surface area contributed by atoms with Crippen molar-refractivity contribution in [2.45, 2.75) is 26.3 Å². The summed E-state index contributed by atoms with van der Waals surface area (Å²) in [6.07, 6.45) is 2.53. The predicted octanol–water partition coefficient (Wildman–Crippen LogP) is 3.60. The zero-order chi connectivity index (χ0) is 11.1. The molecule has 0 saturated heterocycles. The fourth-order valence-corrected chi connectivity index (χ4v) is 2.07. The minimum Gasteiger partial charge on any atom is -0.302 e. The fraction of sp³-hybridized carbons (Fsp3) is 0.538. The Kier molecular flexibility index (Phi) is 5.96. The van der Waals surface area contributed by atoms with Crippen molar-refractivity contribution < 1.29 is 0 Å². The molecule has 84 valence electrons. The second-order valence-electron chi connectivity index (χ2n) is 4.12. The third kappa shape index (κ3) is 5.33. The van der Waals surface area contributed by atoms with Gasteiger partial charge in [0.2, 0.25) is 0 Å². The molecule has 1 rings (SSSR count). The molecule has 0 aliphatic heterocycles. The topological polar surface area (TPSA) is 3.24 Å². The summed E-state index contributed by atoms with van der Waals surface area (Å²) in [4.78, 5) is 2.39. The molecule has 0 atom stereocenters. The summed E-state index contributed by atoms with van der Waals surface area (Å²) in [5, 5.41) is 1.12. The second kappa shape index (κ2) is 7.02. The van der Waals surface area contributed by atoms with Gasteiger partial charge >= 0.3 is 0 Å². The number of hydrogen-bond donors (Lipinski definition) is 0. The molecular formula is C13H20BrN. The Morgan fingerprint density at radius 1 is 1.27 bits per heavy atom. The molecule has 0 amide bonds. The smallest absolute Gasteiger partial charge is 0.0230 e. The van der Waals surface area contributed by atoms with Gasteiger partial charge in [0.15, 0.2) is 0 Å². The minimum atomic E-state index is 1.06. The van der Waals surface area contributed by atoms with Crippen molar-refractivity contribution in [3.63, 3.8) is 0 Å². The predicted molar refractivity (Wildman–Crippen MR) is 70.5 cm³/mol. The lowest BCUT2D eigenvalue weighted by Gasteiger charge is -2.16. The average Bonchev–Trinajstić information content (AvgIpc) is 2.18. The first-order valence-corrected chi connectivity index (χ1v) is 6.64. The van der Waals surface area contributed by atoms with E-state index in [1.54, 1.807) is 0 Å². The van der Waals surface area contributed by atoms with Gasteiger partial charge in [-0.05, 0) is 38.9 Å². The standard InChI is InChI=1S/C13H20BrN/c1-12-6-5-7-13(10-12)11-15(2)9-4-3-8-14/h5-7,10H,3-4,8-9,11H2,1-2H3. The Morgan fingerprint density at radius 3 is 2.73 bits per heavy atom. The molecular weight excluding hydrogens is 250 g/mol. The number of unbranched alkanes of at least 4 members (excludes halogenated alkanes) is 1. The average molecular weight is 270 g/mol. The summed E-state index contributed by atoms with van der Waals surface area (Å²) < 4.78 is 0. The summed E-state index contributed by atoms with van der Waals surface area (Å²) in [5.74, 6) is 0. The first kappa shape index (κ1) is 12.7. The van der Waals surface area contributed by atoms with E-state index in [4.69, 9.17) is 0 Å². The highest BCUT2D eigenvalue weighted by atomic mass is 79.9. The molecule has 0 unspecified atom stereocenters. The van der Waals surface area contributed by atoms with Crippen molar-refractivity contribution in [2.75, 3.05) is 18.9 Å². The molecule has 0 N–H and O–H groups in total. The molecule has 1 aromatic carbocycles. The zero-order valence-electron chi connectivity index (χ0n) is 9.67. The van der Waals surface area contributed by atoms with Crippen LogP contribution in [0.25, 0.3) is 0 Å². The van der Waals surface area contributed by atoms with Crippen molar-refractivity contribution in [1.82, 2.24) is 4.90 Å². The number of benzene rings is 1. The van der Waals surface area contributed by atoms with Crippen LogP contribution < -0.4 is 0 Å². The lowest BCUT2D eigenvalue weighted by Crippen LogP contribution is -2.19. The van der Waals surface area contributed by atoms with Gasteiger partial charge in [0.05, 0.1) is 0 Å². The first-order chi connectivity index (χ1) is 7.22. The third-order valence-electron chi connectivity index (χ3n) is 2.46. The maximum Gasteiger partial charge on any atom is 0.0230 e. The van der Waals surface area contributed by atoms with Gasteiger partial charge in [-0.15, -0.1) is 0 Å². The highest BCUT2D eigenvalue weighted by Gasteiger charge is 1.99. The zero-order valence-corrected chi connectivity index (χ0v) is 11.3. The van der Waals surface area contributed by atoms with Gasteiger partial charge in [-0.2, -0.15) is 0 Å². The molecule has 1 aromatic rings. The normalized spacial score (nSPS) is 10.9. The van der Waals surface area contributed by atoms with Crippen LogP contribution in [0.3, 0.4) is 0 Å². The maximum absolute atomic E-state index is 3.46. The van der Waals surface area contributed by atoms with Crippen LogP contribution in [0.1, 0.15) is 24.0 Å². The highest BCUT2D eigenvalue weighted by molar-refractivity contribution is 9.09. The van der Waals surface area contributed by atoms with E-state index >= 15 is 0 Å². The number of aryl methyl sites for hydroxylation is 1. The van der Waals surface area contributed by atoms with Gasteiger partial charge in [0.1, 0.15) is 0 Å². The Morgan fingerprint density at radius 2 is 2.07 bits per heavy atom. The van der Waals surface area contributed by atoms with Gasteiger partial charge < -0.3 is 4.90 Å². The van der Waals surface area contributed by atoms with Crippen LogP contribution in [0.2, 0.25) is 0 Å². The third-order valence-corrected chi connectivity index (χ3v) is 3.02. The van der Waals surface area contributed by atoms with Gasteiger partial charge in [-0.3, -0.25) is 0 Å². The van der Waals surface area contributed by atoms with Gasteiger partial charge in [-0.25, -0.2) is 0 Å². The molecule has 0 radical (unpaired) electrons.